The number of carbonyl (C=O) groups is 1. The highest BCUT2D eigenvalue weighted by Crippen LogP contribution is 2.24. The first-order valence-electron chi connectivity index (χ1n) is 6.09. The Morgan fingerprint density at radius 2 is 2.11 bits per heavy atom. The summed E-state index contributed by atoms with van der Waals surface area (Å²) in [6.45, 7) is 2.55. The minimum absolute atomic E-state index is 0.322. The topological polar surface area (TPSA) is 62.2 Å². The van der Waals surface area contributed by atoms with E-state index in [9.17, 15) is 4.79 Å². The van der Waals surface area contributed by atoms with Crippen LogP contribution < -0.4 is 5.32 Å². The molecule has 0 unspecified atom stereocenters. The zero-order valence-corrected chi connectivity index (χ0v) is 12.5. The maximum absolute atomic E-state index is 11.0. The molecule has 0 aromatic carbocycles. The smallest absolute Gasteiger partial charge is 0.340 e. The van der Waals surface area contributed by atoms with E-state index < -0.39 is 5.97 Å². The minimum atomic E-state index is -0.899. The maximum atomic E-state index is 11.0. The molecule has 0 amide bonds. The molecule has 0 aliphatic carbocycles. The predicted molar refractivity (Wildman–Crippen MR) is 79.2 cm³/mol. The van der Waals surface area contributed by atoms with E-state index in [1.807, 2.05) is 11.8 Å². The summed E-state index contributed by atoms with van der Waals surface area (Å²) in [6.07, 6.45) is 6.90. The summed E-state index contributed by atoms with van der Waals surface area (Å²) in [5.74, 6) is 0.327. The van der Waals surface area contributed by atoms with E-state index in [-0.39, 0.29) is 0 Å². The second-order valence-electron chi connectivity index (χ2n) is 4.11. The molecule has 0 saturated carbocycles. The Labute approximate surface area is 116 Å². The van der Waals surface area contributed by atoms with Crippen molar-refractivity contribution >= 4 is 34.3 Å². The first-order chi connectivity index (χ1) is 8.66. The molecule has 0 bridgehead atoms. The van der Waals surface area contributed by atoms with Crippen LogP contribution in [0, 0.1) is 6.92 Å². The Bertz CT molecular complexity index is 380. The van der Waals surface area contributed by atoms with Crippen LogP contribution in [0.2, 0.25) is 0 Å². The molecule has 4 nitrogen and oxygen atoms in total. The lowest BCUT2D eigenvalue weighted by molar-refractivity contribution is 0.0697. The lowest BCUT2D eigenvalue weighted by atomic mass is 10.2. The van der Waals surface area contributed by atoms with Gasteiger partial charge in [-0.25, -0.2) is 4.79 Å². The molecule has 0 saturated heterocycles. The van der Waals surface area contributed by atoms with E-state index >= 15 is 0 Å². The number of hydrogen-bond donors (Lipinski definition) is 2. The third-order valence-corrected chi connectivity index (χ3v) is 4.23. The van der Waals surface area contributed by atoms with Crippen molar-refractivity contribution in [3.8, 4) is 0 Å². The van der Waals surface area contributed by atoms with Gasteiger partial charge in [-0.15, -0.1) is 0 Å². The van der Waals surface area contributed by atoms with Gasteiger partial charge in [-0.1, -0.05) is 12.8 Å². The molecule has 102 valence electrons. The van der Waals surface area contributed by atoms with E-state index in [1.54, 1.807) is 6.92 Å². The summed E-state index contributed by atoms with van der Waals surface area (Å²) >= 11 is 3.11. The Morgan fingerprint density at radius 1 is 1.39 bits per heavy atom. The third-order valence-electron chi connectivity index (χ3n) is 2.64. The van der Waals surface area contributed by atoms with Crippen LogP contribution in [0.15, 0.2) is 0 Å². The lowest BCUT2D eigenvalue weighted by Gasteiger charge is -2.04. The molecule has 0 aliphatic rings. The highest BCUT2D eigenvalue weighted by Gasteiger charge is 2.16. The van der Waals surface area contributed by atoms with Gasteiger partial charge in [-0.3, -0.25) is 0 Å². The zero-order chi connectivity index (χ0) is 13.4. The molecule has 1 aromatic rings. The lowest BCUT2D eigenvalue weighted by Crippen LogP contribution is -2.06. The second-order valence-corrected chi connectivity index (χ2v) is 5.87. The number of unbranched alkanes of at least 4 members (excludes halogenated alkanes) is 3. The van der Waals surface area contributed by atoms with Crippen molar-refractivity contribution in [1.29, 1.82) is 0 Å². The molecular formula is C12H20N2O2S2. The van der Waals surface area contributed by atoms with Crippen molar-refractivity contribution in [1.82, 2.24) is 4.37 Å². The quantitative estimate of drug-likeness (QED) is 0.681. The number of aromatic carboxylic acids is 1. The molecule has 0 aliphatic heterocycles. The number of nitrogens with one attached hydrogen (secondary N) is 1. The number of thioether (sulfide) groups is 1. The van der Waals surface area contributed by atoms with Crippen LogP contribution in [-0.2, 0) is 0 Å². The van der Waals surface area contributed by atoms with Gasteiger partial charge in [0, 0.05) is 6.54 Å². The van der Waals surface area contributed by atoms with E-state index in [0.29, 0.717) is 16.3 Å². The van der Waals surface area contributed by atoms with Gasteiger partial charge in [-0.05, 0) is 43.3 Å². The van der Waals surface area contributed by atoms with Crippen LogP contribution in [0.4, 0.5) is 5.00 Å². The van der Waals surface area contributed by atoms with Crippen molar-refractivity contribution in [2.75, 3.05) is 23.9 Å². The van der Waals surface area contributed by atoms with Crippen LogP contribution in [0.3, 0.4) is 0 Å². The van der Waals surface area contributed by atoms with Crippen molar-refractivity contribution in [2.45, 2.75) is 32.6 Å². The average molecular weight is 288 g/mol. The van der Waals surface area contributed by atoms with Crippen molar-refractivity contribution < 1.29 is 9.90 Å². The third kappa shape index (κ3) is 4.86. The summed E-state index contributed by atoms with van der Waals surface area (Å²) < 4.78 is 4.07. The van der Waals surface area contributed by atoms with Gasteiger partial charge in [0.05, 0.1) is 5.69 Å². The number of rotatable bonds is 9. The van der Waals surface area contributed by atoms with Gasteiger partial charge in [0.15, 0.2) is 0 Å². The summed E-state index contributed by atoms with van der Waals surface area (Å²) in [7, 11) is 0. The van der Waals surface area contributed by atoms with Gasteiger partial charge in [0.25, 0.3) is 0 Å². The number of aromatic nitrogens is 1. The highest BCUT2D eigenvalue weighted by atomic mass is 32.2. The fourth-order valence-electron chi connectivity index (χ4n) is 1.67. The fourth-order valence-corrected chi connectivity index (χ4v) is 2.97. The largest absolute Gasteiger partial charge is 0.478 e. The molecule has 1 heterocycles. The fraction of sp³-hybridized carbons (Fsp3) is 0.667. The standard InChI is InChI=1S/C12H20N2O2S2/c1-9-10(12(15)16)11(18-14-9)13-7-5-3-4-6-8-17-2/h13H,3-8H2,1-2H3,(H,15,16). The number of anilines is 1. The first kappa shape index (κ1) is 15.3. The van der Waals surface area contributed by atoms with Crippen LogP contribution >= 0.6 is 23.3 Å². The van der Waals surface area contributed by atoms with Gasteiger partial charge in [-0.2, -0.15) is 16.1 Å². The molecule has 0 radical (unpaired) electrons. The second kappa shape index (κ2) is 8.37. The van der Waals surface area contributed by atoms with E-state index in [2.05, 4.69) is 15.9 Å². The van der Waals surface area contributed by atoms with E-state index in [1.165, 1.54) is 36.5 Å². The monoisotopic (exact) mass is 288 g/mol. The summed E-state index contributed by atoms with van der Waals surface area (Å²) in [5.41, 5.74) is 0.914. The molecule has 1 rings (SSSR count). The molecule has 0 fully saturated rings. The highest BCUT2D eigenvalue weighted by molar-refractivity contribution is 7.98. The van der Waals surface area contributed by atoms with Gasteiger partial charge < -0.3 is 10.4 Å². The number of carboxylic acid groups (broad SMARTS) is 1. The summed E-state index contributed by atoms with van der Waals surface area (Å²) in [4.78, 5) is 11.0. The zero-order valence-electron chi connectivity index (χ0n) is 10.9. The first-order valence-corrected chi connectivity index (χ1v) is 8.26. The molecule has 18 heavy (non-hydrogen) atoms. The molecule has 0 atom stereocenters. The van der Waals surface area contributed by atoms with Crippen LogP contribution in [-0.4, -0.2) is 34.0 Å². The van der Waals surface area contributed by atoms with Crippen LogP contribution in [0.25, 0.3) is 0 Å². The Kier molecular flexibility index (Phi) is 7.12. The van der Waals surface area contributed by atoms with E-state index in [0.717, 1.165) is 13.0 Å². The van der Waals surface area contributed by atoms with Crippen molar-refractivity contribution in [3.05, 3.63) is 11.3 Å². The molecule has 0 spiro atoms. The SMILES string of the molecule is CSCCCCCCNc1snc(C)c1C(=O)O. The van der Waals surface area contributed by atoms with Crippen molar-refractivity contribution in [2.24, 2.45) is 0 Å². The number of carboxylic acids is 1. The molecular weight excluding hydrogens is 268 g/mol. The molecule has 6 heteroatoms. The number of aryl methyl sites for hydroxylation is 1. The average Bonchev–Trinajstić information content (AvgIpc) is 2.69. The maximum Gasteiger partial charge on any atom is 0.340 e. The Hall–Kier alpha value is -0.750. The predicted octanol–water partition coefficient (Wildman–Crippen LogP) is 3.49. The van der Waals surface area contributed by atoms with Gasteiger partial charge >= 0.3 is 5.97 Å². The van der Waals surface area contributed by atoms with Crippen molar-refractivity contribution in [3.63, 3.8) is 0 Å². The van der Waals surface area contributed by atoms with E-state index in [4.69, 9.17) is 5.11 Å². The minimum Gasteiger partial charge on any atom is -0.478 e. The Morgan fingerprint density at radius 3 is 2.78 bits per heavy atom. The van der Waals surface area contributed by atoms with Crippen LogP contribution in [0.1, 0.15) is 41.7 Å². The molecule has 2 N–H and O–H groups in total. The summed E-state index contributed by atoms with van der Waals surface area (Å²) in [5, 5.41) is 12.9. The normalized spacial score (nSPS) is 10.6. The number of hydrogen-bond acceptors (Lipinski definition) is 5. The Balaban J connectivity index is 2.25. The molecule has 1 aromatic heterocycles. The van der Waals surface area contributed by atoms with Crippen LogP contribution in [0.5, 0.6) is 0 Å². The van der Waals surface area contributed by atoms with Gasteiger partial charge in [0.2, 0.25) is 0 Å². The number of nitrogens with zero attached hydrogens (tertiary/aromatic N) is 1. The summed E-state index contributed by atoms with van der Waals surface area (Å²) in [6, 6.07) is 0. The van der Waals surface area contributed by atoms with Gasteiger partial charge in [0.1, 0.15) is 10.6 Å².